The summed E-state index contributed by atoms with van der Waals surface area (Å²) >= 11 is 0. The van der Waals surface area contributed by atoms with Gasteiger partial charge in [-0.3, -0.25) is 0 Å². The van der Waals surface area contributed by atoms with E-state index in [-0.39, 0.29) is 0 Å². The Kier molecular flexibility index (Phi) is 4.09. The highest BCUT2D eigenvalue weighted by Crippen LogP contribution is 2.46. The Morgan fingerprint density at radius 2 is 1.43 bits per heavy atom. The van der Waals surface area contributed by atoms with E-state index in [9.17, 15) is 0 Å². The highest BCUT2D eigenvalue weighted by molar-refractivity contribution is 6.10. The van der Waals surface area contributed by atoms with Crippen LogP contribution >= 0.6 is 0 Å². The fraction of sp³-hybridized carbons (Fsp3) is 0.200. The van der Waals surface area contributed by atoms with Crippen molar-refractivity contribution in [2.45, 2.75) is 6.92 Å². The zero-order chi connectivity index (χ0) is 19.8. The molecule has 0 atom stereocenters. The van der Waals surface area contributed by atoms with Crippen molar-refractivity contribution in [3.05, 3.63) is 72.3 Å². The first kappa shape index (κ1) is 16.0. The number of benzene rings is 4. The molecular formula is C25H22O3. The molecule has 0 fully saturated rings. The van der Waals surface area contributed by atoms with Crippen molar-refractivity contribution >= 4 is 21.5 Å². The topological polar surface area (TPSA) is 27.7 Å². The van der Waals surface area contributed by atoms with Gasteiger partial charge >= 0.3 is 0 Å². The quantitative estimate of drug-likeness (QED) is 0.393. The minimum absolute atomic E-state index is 0.370. The number of hydrogen-bond acceptors (Lipinski definition) is 3. The molecular weight excluding hydrogens is 348 g/mol. The third kappa shape index (κ3) is 2.88. The zero-order valence-corrected chi connectivity index (χ0v) is 15.8. The third-order valence-electron chi connectivity index (χ3n) is 5.20. The minimum Gasteiger partial charge on any atom is -0.491 e. The first-order valence-electron chi connectivity index (χ1n) is 10.1. The van der Waals surface area contributed by atoms with Gasteiger partial charge in [-0.1, -0.05) is 54.6 Å². The summed E-state index contributed by atoms with van der Waals surface area (Å²) in [6.07, 6.45) is 0. The van der Waals surface area contributed by atoms with Gasteiger partial charge in [0.15, 0.2) is 0 Å². The molecule has 0 saturated carbocycles. The molecule has 3 nitrogen and oxygen atoms in total. The van der Waals surface area contributed by atoms with E-state index >= 15 is 0 Å². The molecule has 1 aliphatic rings. The Morgan fingerprint density at radius 1 is 0.750 bits per heavy atom. The van der Waals surface area contributed by atoms with Crippen LogP contribution in [0.25, 0.3) is 32.7 Å². The molecule has 0 spiro atoms. The van der Waals surface area contributed by atoms with Gasteiger partial charge in [0.2, 0.25) is 0 Å². The predicted octanol–water partition coefficient (Wildman–Crippen LogP) is 5.76. The Balaban J connectivity index is 1.97. The molecule has 4 aromatic carbocycles. The van der Waals surface area contributed by atoms with Crippen LogP contribution in [0.2, 0.25) is 0 Å². The van der Waals surface area contributed by atoms with Crippen LogP contribution in [0.1, 0.15) is 6.93 Å². The largest absolute Gasteiger partial charge is 0.491 e. The maximum Gasteiger partial charge on any atom is 0.130 e. The molecule has 5 rings (SSSR count). The number of ether oxygens (including phenoxy) is 3. The Morgan fingerprint density at radius 3 is 2.25 bits per heavy atom. The lowest BCUT2D eigenvalue weighted by Crippen LogP contribution is -2.11. The molecule has 140 valence electrons. The number of hydrogen-bond donors (Lipinski definition) is 0. The van der Waals surface area contributed by atoms with Crippen molar-refractivity contribution < 1.29 is 15.6 Å². The first-order valence-corrected chi connectivity index (χ1v) is 9.62. The summed E-state index contributed by atoms with van der Waals surface area (Å²) < 4.78 is 26.7. The van der Waals surface area contributed by atoms with Crippen molar-refractivity contribution in [2.24, 2.45) is 0 Å². The van der Waals surface area contributed by atoms with Crippen LogP contribution in [0, 0.1) is 6.92 Å². The molecule has 0 radical (unpaired) electrons. The second kappa shape index (κ2) is 7.17. The van der Waals surface area contributed by atoms with E-state index in [2.05, 4.69) is 31.2 Å². The summed E-state index contributed by atoms with van der Waals surface area (Å²) in [5.41, 5.74) is 2.97. The smallest absolute Gasteiger partial charge is 0.130 e. The van der Waals surface area contributed by atoms with Gasteiger partial charge in [0, 0.05) is 11.1 Å². The fourth-order valence-corrected chi connectivity index (χ4v) is 3.96. The van der Waals surface area contributed by atoms with E-state index < -0.39 is 0 Å². The predicted molar refractivity (Wildman–Crippen MR) is 113 cm³/mol. The van der Waals surface area contributed by atoms with Gasteiger partial charge in [0.1, 0.15) is 24.7 Å². The van der Waals surface area contributed by atoms with E-state index in [1.165, 1.54) is 0 Å². The molecule has 0 N–H and O–H groups in total. The summed E-state index contributed by atoms with van der Waals surface area (Å²) in [5.74, 6) is 1.41. The first-order chi connectivity index (χ1) is 14.2. The van der Waals surface area contributed by atoms with Crippen LogP contribution in [-0.2, 0) is 4.74 Å². The lowest BCUT2D eigenvalue weighted by Gasteiger charge is -2.20. The van der Waals surface area contributed by atoms with Crippen molar-refractivity contribution in [3.63, 3.8) is 0 Å². The van der Waals surface area contributed by atoms with Gasteiger partial charge in [-0.25, -0.2) is 0 Å². The van der Waals surface area contributed by atoms with Crippen molar-refractivity contribution in [2.75, 3.05) is 26.4 Å². The Hall–Kier alpha value is -3.04. The Bertz CT molecular complexity index is 1120. The van der Waals surface area contributed by atoms with Gasteiger partial charge < -0.3 is 14.2 Å². The molecule has 0 bridgehead atoms. The standard InChI is InChI=1S/C25H22O3/c1-17-16-19-7-3-5-9-21(19)24-23-20-8-4-2-6-18(20)10-11-22(23)27-14-12-26-13-15-28-25(17)24/h2-11,16H,12-15H2,1H3/i11D. The van der Waals surface area contributed by atoms with Gasteiger partial charge in [0.25, 0.3) is 0 Å². The molecule has 0 unspecified atom stereocenters. The van der Waals surface area contributed by atoms with Crippen LogP contribution in [-0.4, -0.2) is 26.4 Å². The van der Waals surface area contributed by atoms with Crippen LogP contribution in [0.15, 0.2) is 66.7 Å². The van der Waals surface area contributed by atoms with Gasteiger partial charge in [0.05, 0.1) is 14.6 Å². The van der Waals surface area contributed by atoms with Gasteiger partial charge in [-0.15, -0.1) is 0 Å². The van der Waals surface area contributed by atoms with E-state index in [4.69, 9.17) is 15.6 Å². The van der Waals surface area contributed by atoms with Crippen LogP contribution in [0.4, 0.5) is 0 Å². The molecule has 1 heterocycles. The van der Waals surface area contributed by atoms with Gasteiger partial charge in [-0.2, -0.15) is 0 Å². The third-order valence-corrected chi connectivity index (χ3v) is 5.20. The van der Waals surface area contributed by atoms with Crippen molar-refractivity contribution in [3.8, 4) is 22.6 Å². The highest BCUT2D eigenvalue weighted by Gasteiger charge is 2.21. The lowest BCUT2D eigenvalue weighted by atomic mass is 9.90. The lowest BCUT2D eigenvalue weighted by molar-refractivity contribution is 0.0774. The molecule has 0 amide bonds. The number of aryl methyl sites for hydroxylation is 1. The second-order valence-electron chi connectivity index (χ2n) is 7.01. The monoisotopic (exact) mass is 371 g/mol. The summed E-state index contributed by atoms with van der Waals surface area (Å²) in [4.78, 5) is 0. The normalized spacial score (nSPS) is 15.0. The van der Waals surface area contributed by atoms with E-state index in [0.717, 1.165) is 44.0 Å². The molecule has 28 heavy (non-hydrogen) atoms. The average molecular weight is 371 g/mol. The number of rotatable bonds is 0. The molecule has 3 heteroatoms. The minimum atomic E-state index is 0.370. The van der Waals surface area contributed by atoms with Crippen molar-refractivity contribution in [1.29, 1.82) is 0 Å². The zero-order valence-electron chi connectivity index (χ0n) is 16.8. The SMILES string of the molecule is [2H]c1cc2ccccc2c2c1OCCOCCOc1c(C)cc3ccccc3c1-2. The van der Waals surface area contributed by atoms with Gasteiger partial charge in [-0.05, 0) is 46.1 Å². The van der Waals surface area contributed by atoms with Crippen LogP contribution in [0.5, 0.6) is 11.5 Å². The van der Waals surface area contributed by atoms with E-state index in [1.54, 1.807) is 0 Å². The number of fused-ring (bicyclic) bond motifs is 7. The van der Waals surface area contributed by atoms with Crippen LogP contribution in [0.3, 0.4) is 0 Å². The second-order valence-corrected chi connectivity index (χ2v) is 7.01. The highest BCUT2D eigenvalue weighted by atomic mass is 16.5. The average Bonchev–Trinajstić information content (AvgIpc) is 2.77. The summed E-state index contributed by atoms with van der Waals surface area (Å²) in [5, 5.41) is 4.31. The summed E-state index contributed by atoms with van der Waals surface area (Å²) in [6, 6.07) is 20.9. The van der Waals surface area contributed by atoms with E-state index in [1.807, 2.05) is 36.4 Å². The van der Waals surface area contributed by atoms with Crippen LogP contribution < -0.4 is 9.47 Å². The molecule has 0 aliphatic carbocycles. The summed E-state index contributed by atoms with van der Waals surface area (Å²) in [6.45, 7) is 3.90. The Labute approximate surface area is 165 Å². The molecule has 4 aromatic rings. The molecule has 1 aliphatic heterocycles. The molecule has 0 aromatic heterocycles. The van der Waals surface area contributed by atoms with E-state index in [0.29, 0.717) is 38.2 Å². The van der Waals surface area contributed by atoms with Crippen molar-refractivity contribution in [1.82, 2.24) is 0 Å². The maximum atomic E-state index is 8.68. The maximum absolute atomic E-state index is 8.68. The fourth-order valence-electron chi connectivity index (χ4n) is 3.96. The summed E-state index contributed by atoms with van der Waals surface area (Å²) in [7, 11) is 0. The molecule has 0 saturated heterocycles.